The van der Waals surface area contributed by atoms with Gasteiger partial charge < -0.3 is 29.5 Å². The van der Waals surface area contributed by atoms with Crippen LogP contribution in [0.1, 0.15) is 92.7 Å². The standard InChI is InChI=1S/C43H73N5O8Si/c1-16-30(6)36(44-37(49)34(26-28(3)4)46(12)42(54)55-24-25-57(13,14)15)40(52)45(11)31(7)38(50)48-23-22-33(48)39(51)47(17-2)35(41(53)56-43(8,9)10)27-32-20-18-29(5)19-21-32/h18-21,28,30-31,33-36H,16-17,22-27H2,1-15H3,(H,44,49)/t30-,31-,33-,34-,35-,36-/m0/s1. The molecule has 13 nitrogen and oxygen atoms in total. The largest absolute Gasteiger partial charge is 0.458 e. The molecule has 0 spiro atoms. The van der Waals surface area contributed by atoms with Crippen molar-refractivity contribution in [1.29, 1.82) is 0 Å². The first kappa shape index (κ1) is 49.2. The first-order valence-electron chi connectivity index (χ1n) is 20.7. The van der Waals surface area contributed by atoms with Crippen molar-refractivity contribution in [2.24, 2.45) is 11.8 Å². The minimum atomic E-state index is -1.45. The second-order valence-corrected chi connectivity index (χ2v) is 24.0. The molecule has 2 rings (SSSR count). The van der Waals surface area contributed by atoms with E-state index in [-0.39, 0.29) is 37.3 Å². The van der Waals surface area contributed by atoms with Gasteiger partial charge in [-0.3, -0.25) is 24.1 Å². The van der Waals surface area contributed by atoms with Crippen molar-refractivity contribution in [2.75, 3.05) is 33.8 Å². The molecule has 57 heavy (non-hydrogen) atoms. The van der Waals surface area contributed by atoms with Gasteiger partial charge in [0, 0.05) is 41.7 Å². The van der Waals surface area contributed by atoms with Crippen molar-refractivity contribution in [1.82, 2.24) is 24.9 Å². The summed E-state index contributed by atoms with van der Waals surface area (Å²) >= 11 is 0. The molecule has 0 radical (unpaired) electrons. The van der Waals surface area contributed by atoms with E-state index in [1.54, 1.807) is 41.7 Å². The number of aryl methyl sites for hydroxylation is 1. The number of likely N-dealkylation sites (tertiary alicyclic amines) is 1. The van der Waals surface area contributed by atoms with Gasteiger partial charge in [-0.15, -0.1) is 0 Å². The third kappa shape index (κ3) is 14.4. The van der Waals surface area contributed by atoms with Crippen LogP contribution >= 0.6 is 0 Å². The summed E-state index contributed by atoms with van der Waals surface area (Å²) in [5.74, 6) is -2.45. The van der Waals surface area contributed by atoms with Crippen molar-refractivity contribution < 1.29 is 38.2 Å². The fraction of sp³-hybridized carbons (Fsp3) is 0.721. The Morgan fingerprint density at radius 3 is 2.00 bits per heavy atom. The van der Waals surface area contributed by atoms with Gasteiger partial charge in [0.05, 0.1) is 6.61 Å². The zero-order valence-electron chi connectivity index (χ0n) is 37.6. The van der Waals surface area contributed by atoms with Crippen molar-refractivity contribution in [2.45, 2.75) is 156 Å². The van der Waals surface area contributed by atoms with Gasteiger partial charge in [0.15, 0.2) is 0 Å². The van der Waals surface area contributed by atoms with E-state index in [1.165, 1.54) is 26.6 Å². The van der Waals surface area contributed by atoms with Crippen LogP contribution in [0.4, 0.5) is 4.79 Å². The third-order valence-electron chi connectivity index (χ3n) is 10.7. The summed E-state index contributed by atoms with van der Waals surface area (Å²) in [6.45, 7) is 25.8. The van der Waals surface area contributed by atoms with Crippen LogP contribution in [0.15, 0.2) is 24.3 Å². The predicted octanol–water partition coefficient (Wildman–Crippen LogP) is 5.90. The molecule has 0 aliphatic carbocycles. The molecule has 14 heteroatoms. The van der Waals surface area contributed by atoms with Gasteiger partial charge in [-0.25, -0.2) is 9.59 Å². The highest BCUT2D eigenvalue weighted by Crippen LogP contribution is 2.26. The smallest absolute Gasteiger partial charge is 0.410 e. The van der Waals surface area contributed by atoms with E-state index in [1.807, 2.05) is 58.9 Å². The van der Waals surface area contributed by atoms with Crippen LogP contribution in [-0.4, -0.2) is 133 Å². The Morgan fingerprint density at radius 1 is 0.930 bits per heavy atom. The van der Waals surface area contributed by atoms with Crippen LogP contribution < -0.4 is 5.32 Å². The van der Waals surface area contributed by atoms with Gasteiger partial charge in [0.25, 0.3) is 0 Å². The molecule has 1 saturated heterocycles. The number of likely N-dealkylation sites (N-methyl/N-ethyl adjacent to an activating group) is 3. The normalized spacial score (nSPS) is 17.0. The SMILES string of the molecule is CC[C@H](C)[C@H](NC(=O)[C@H](CC(C)C)N(C)C(=O)OCC[Si](C)(C)C)C(=O)N(C)[C@@H](C)C(=O)N1CC[C@H]1C(=O)N(CC)[C@@H](Cc1ccc(C)cc1)C(=O)OC(C)(C)C. The molecule has 0 bridgehead atoms. The van der Waals surface area contributed by atoms with Gasteiger partial charge in [0.1, 0.15) is 35.8 Å². The van der Waals surface area contributed by atoms with Crippen molar-refractivity contribution in [3.63, 3.8) is 0 Å². The number of esters is 1. The number of nitrogens with one attached hydrogen (secondary N) is 1. The summed E-state index contributed by atoms with van der Waals surface area (Å²) in [5, 5.41) is 2.93. The summed E-state index contributed by atoms with van der Waals surface area (Å²) < 4.78 is 11.3. The third-order valence-corrected chi connectivity index (χ3v) is 12.4. The number of hydrogen-bond donors (Lipinski definition) is 1. The molecule has 1 aliphatic heterocycles. The topological polar surface area (TPSA) is 146 Å². The fourth-order valence-electron chi connectivity index (χ4n) is 6.58. The lowest BCUT2D eigenvalue weighted by molar-refractivity contribution is -0.168. The number of ether oxygens (including phenoxy) is 2. The van der Waals surface area contributed by atoms with Gasteiger partial charge in [-0.05, 0) is 77.8 Å². The zero-order chi connectivity index (χ0) is 43.6. The van der Waals surface area contributed by atoms with Crippen LogP contribution in [0.25, 0.3) is 0 Å². The number of carbonyl (C=O) groups is 6. The molecule has 0 saturated carbocycles. The fourth-order valence-corrected chi connectivity index (χ4v) is 7.29. The molecule has 1 aromatic carbocycles. The molecule has 1 heterocycles. The van der Waals surface area contributed by atoms with E-state index >= 15 is 0 Å². The van der Waals surface area contributed by atoms with Crippen molar-refractivity contribution in [3.05, 3.63) is 35.4 Å². The van der Waals surface area contributed by atoms with Gasteiger partial charge in [-0.1, -0.05) is 83.6 Å². The molecule has 322 valence electrons. The number of carbonyl (C=O) groups excluding carboxylic acids is 6. The Kier molecular flexibility index (Phi) is 18.3. The first-order chi connectivity index (χ1) is 26.3. The Bertz CT molecular complexity index is 1540. The number of hydrogen-bond acceptors (Lipinski definition) is 8. The predicted molar refractivity (Wildman–Crippen MR) is 226 cm³/mol. The molecule has 6 atom stereocenters. The first-order valence-corrected chi connectivity index (χ1v) is 24.4. The quantitative estimate of drug-likeness (QED) is 0.134. The second kappa shape index (κ2) is 21.2. The van der Waals surface area contributed by atoms with Crippen molar-refractivity contribution in [3.8, 4) is 0 Å². The number of nitrogens with zero attached hydrogens (tertiary/aromatic N) is 4. The van der Waals surface area contributed by atoms with Crippen LogP contribution in [0.5, 0.6) is 0 Å². The van der Waals surface area contributed by atoms with Crippen LogP contribution in [0.3, 0.4) is 0 Å². The molecule has 1 fully saturated rings. The van der Waals surface area contributed by atoms with E-state index in [0.717, 1.165) is 17.2 Å². The second-order valence-electron chi connectivity index (χ2n) is 18.4. The van der Waals surface area contributed by atoms with Crippen LogP contribution in [0, 0.1) is 18.8 Å². The van der Waals surface area contributed by atoms with Gasteiger partial charge >= 0.3 is 12.1 Å². The van der Waals surface area contributed by atoms with E-state index in [2.05, 4.69) is 25.0 Å². The Balaban J connectivity index is 2.28. The number of rotatable bonds is 19. The van der Waals surface area contributed by atoms with E-state index in [4.69, 9.17) is 9.47 Å². The highest BCUT2D eigenvalue weighted by atomic mass is 28.3. The molecular weight excluding hydrogens is 743 g/mol. The maximum Gasteiger partial charge on any atom is 0.410 e. The number of benzene rings is 1. The summed E-state index contributed by atoms with van der Waals surface area (Å²) in [4.78, 5) is 88.7. The van der Waals surface area contributed by atoms with Gasteiger partial charge in [0.2, 0.25) is 23.6 Å². The highest BCUT2D eigenvalue weighted by molar-refractivity contribution is 6.76. The monoisotopic (exact) mass is 816 g/mol. The van der Waals surface area contributed by atoms with E-state index in [9.17, 15) is 28.8 Å². The molecule has 0 unspecified atom stereocenters. The number of amides is 5. The minimum Gasteiger partial charge on any atom is -0.458 e. The molecule has 1 aromatic rings. The Hall–Kier alpha value is -3.94. The molecule has 0 aromatic heterocycles. The summed E-state index contributed by atoms with van der Waals surface area (Å²) in [6.07, 6.45) is 0.988. The molecule has 1 N–H and O–H groups in total. The average Bonchev–Trinajstić information content (AvgIpc) is 3.09. The Morgan fingerprint density at radius 2 is 1.53 bits per heavy atom. The Labute approximate surface area is 343 Å². The molecular formula is C43H73N5O8Si. The lowest BCUT2D eigenvalue weighted by Gasteiger charge is -2.45. The van der Waals surface area contributed by atoms with E-state index in [0.29, 0.717) is 25.8 Å². The minimum absolute atomic E-state index is 0.0638. The highest BCUT2D eigenvalue weighted by Gasteiger charge is 2.45. The van der Waals surface area contributed by atoms with Crippen molar-refractivity contribution >= 4 is 43.8 Å². The zero-order valence-corrected chi connectivity index (χ0v) is 38.6. The lowest BCUT2D eigenvalue weighted by Crippen LogP contribution is -2.65. The maximum atomic E-state index is 14.2. The van der Waals surface area contributed by atoms with Gasteiger partial charge in [-0.2, -0.15) is 0 Å². The molecule has 1 aliphatic rings. The summed E-state index contributed by atoms with van der Waals surface area (Å²) in [6, 6.07) is 4.04. The van der Waals surface area contributed by atoms with Crippen LogP contribution in [0.2, 0.25) is 25.7 Å². The lowest BCUT2D eigenvalue weighted by atomic mass is 9.95. The summed E-state index contributed by atoms with van der Waals surface area (Å²) in [5.41, 5.74) is 1.18. The van der Waals surface area contributed by atoms with E-state index < -0.39 is 73.7 Å². The van der Waals surface area contributed by atoms with Crippen LogP contribution in [-0.2, 0) is 39.9 Å². The maximum absolute atomic E-state index is 14.2. The summed E-state index contributed by atoms with van der Waals surface area (Å²) in [7, 11) is 1.62. The average molecular weight is 816 g/mol. The molecule has 5 amide bonds.